The summed E-state index contributed by atoms with van der Waals surface area (Å²) < 4.78 is 0. The first-order valence-electron chi connectivity index (χ1n) is 5.41. The topological polar surface area (TPSA) is 17.1 Å². The maximum absolute atomic E-state index is 10.7. The van der Waals surface area contributed by atoms with Crippen LogP contribution < -0.4 is 0 Å². The third-order valence-electron chi connectivity index (χ3n) is 2.36. The van der Waals surface area contributed by atoms with Gasteiger partial charge < -0.3 is 0 Å². The molecule has 0 rings (SSSR count). The van der Waals surface area contributed by atoms with Gasteiger partial charge in [-0.1, -0.05) is 46.1 Å². The lowest BCUT2D eigenvalue weighted by molar-refractivity contribution is -0.105. The molecular weight excluding hydrogens is 160 g/mol. The Labute approximate surface area is 82.2 Å². The number of hydrogen-bond donors (Lipinski definition) is 0. The molecule has 0 aliphatic heterocycles. The molecule has 0 N–H and O–H groups in total. The molecule has 1 heteroatoms. The van der Waals surface area contributed by atoms with Crippen LogP contribution >= 0.6 is 0 Å². The van der Waals surface area contributed by atoms with E-state index in [-0.39, 0.29) is 0 Å². The van der Waals surface area contributed by atoms with E-state index in [2.05, 4.69) is 26.8 Å². The maximum atomic E-state index is 10.7. The van der Waals surface area contributed by atoms with Crippen LogP contribution in [-0.2, 0) is 4.79 Å². The summed E-state index contributed by atoms with van der Waals surface area (Å²) in [6, 6.07) is 0. The number of aldehydes is 1. The molecule has 76 valence electrons. The van der Waals surface area contributed by atoms with Crippen LogP contribution in [0.4, 0.5) is 0 Å². The average molecular weight is 182 g/mol. The van der Waals surface area contributed by atoms with Crippen molar-refractivity contribution in [1.29, 1.82) is 0 Å². The van der Waals surface area contributed by atoms with E-state index >= 15 is 0 Å². The van der Waals surface area contributed by atoms with E-state index in [1.165, 1.54) is 12.8 Å². The Bertz CT molecular complexity index is 159. The lowest BCUT2D eigenvalue weighted by Gasteiger charge is -2.09. The number of carbonyl (C=O) groups excluding carboxylic acids is 1. The van der Waals surface area contributed by atoms with Gasteiger partial charge in [-0.25, -0.2) is 0 Å². The van der Waals surface area contributed by atoms with Gasteiger partial charge >= 0.3 is 0 Å². The summed E-state index contributed by atoms with van der Waals surface area (Å²) in [5, 5.41) is 0. The zero-order chi connectivity index (χ0) is 10.1. The minimum absolute atomic E-state index is 0.444. The van der Waals surface area contributed by atoms with E-state index < -0.39 is 0 Å². The van der Waals surface area contributed by atoms with E-state index in [4.69, 9.17) is 0 Å². The zero-order valence-corrected chi connectivity index (χ0v) is 9.18. The minimum Gasteiger partial charge on any atom is -0.298 e. The summed E-state index contributed by atoms with van der Waals surface area (Å²) >= 11 is 0. The van der Waals surface area contributed by atoms with Crippen LogP contribution in [-0.4, -0.2) is 6.29 Å². The van der Waals surface area contributed by atoms with Gasteiger partial charge in [-0.05, 0) is 24.3 Å². The van der Waals surface area contributed by atoms with Gasteiger partial charge in [0.05, 0.1) is 0 Å². The molecule has 0 heterocycles. The van der Waals surface area contributed by atoms with E-state index in [1.54, 1.807) is 0 Å². The Morgan fingerprint density at radius 2 is 2.00 bits per heavy atom. The summed E-state index contributed by atoms with van der Waals surface area (Å²) in [7, 11) is 0. The predicted molar refractivity (Wildman–Crippen MR) is 57.7 cm³/mol. The third-order valence-corrected chi connectivity index (χ3v) is 2.36. The first kappa shape index (κ1) is 12.4. The molecule has 0 radical (unpaired) electrons. The minimum atomic E-state index is 0.444. The normalized spacial score (nSPS) is 14.2. The number of rotatable bonds is 7. The Balaban J connectivity index is 3.98. The number of unbranched alkanes of at least 4 members (excludes halogenated alkanes) is 2. The second-order valence-electron chi connectivity index (χ2n) is 3.65. The lowest BCUT2D eigenvalue weighted by atomic mass is 9.96. The molecule has 0 aromatic rings. The summed E-state index contributed by atoms with van der Waals surface area (Å²) in [5.74, 6) is 0.444. The summed E-state index contributed by atoms with van der Waals surface area (Å²) in [6.07, 6.45) is 8.85. The fourth-order valence-corrected chi connectivity index (χ4v) is 1.44. The summed E-state index contributed by atoms with van der Waals surface area (Å²) in [5.41, 5.74) is 0.996. The molecule has 0 fully saturated rings. The monoisotopic (exact) mass is 182 g/mol. The SMILES string of the molecule is CCCCC=C(C=O)C(C)CCC. The molecule has 0 aromatic heterocycles. The molecule has 1 nitrogen and oxygen atoms in total. The van der Waals surface area contributed by atoms with Crippen LogP contribution in [0.15, 0.2) is 11.6 Å². The fraction of sp³-hybridized carbons (Fsp3) is 0.750. The fourth-order valence-electron chi connectivity index (χ4n) is 1.44. The Morgan fingerprint density at radius 1 is 1.31 bits per heavy atom. The molecule has 0 aromatic carbocycles. The first-order valence-corrected chi connectivity index (χ1v) is 5.41. The molecule has 1 atom stereocenters. The number of hydrogen-bond acceptors (Lipinski definition) is 1. The number of carbonyl (C=O) groups is 1. The van der Waals surface area contributed by atoms with Gasteiger partial charge in [0.15, 0.2) is 0 Å². The van der Waals surface area contributed by atoms with Crippen molar-refractivity contribution in [2.24, 2.45) is 5.92 Å². The number of allylic oxidation sites excluding steroid dienone is 2. The highest BCUT2D eigenvalue weighted by Gasteiger charge is 2.05. The van der Waals surface area contributed by atoms with Gasteiger partial charge in [0.1, 0.15) is 6.29 Å². The molecule has 0 saturated carbocycles. The molecule has 0 bridgehead atoms. The molecule has 1 unspecified atom stereocenters. The average Bonchev–Trinajstić information content (AvgIpc) is 2.13. The lowest BCUT2D eigenvalue weighted by Crippen LogP contribution is -2.00. The molecule has 0 amide bonds. The van der Waals surface area contributed by atoms with Gasteiger partial charge in [0.2, 0.25) is 0 Å². The van der Waals surface area contributed by atoms with Crippen LogP contribution in [0.25, 0.3) is 0 Å². The van der Waals surface area contributed by atoms with Crippen LogP contribution in [0.1, 0.15) is 52.9 Å². The Morgan fingerprint density at radius 3 is 2.46 bits per heavy atom. The van der Waals surface area contributed by atoms with E-state index in [0.717, 1.165) is 31.1 Å². The van der Waals surface area contributed by atoms with Crippen molar-refractivity contribution < 1.29 is 4.79 Å². The van der Waals surface area contributed by atoms with E-state index in [0.29, 0.717) is 5.92 Å². The van der Waals surface area contributed by atoms with Crippen molar-refractivity contribution in [3.05, 3.63) is 11.6 Å². The largest absolute Gasteiger partial charge is 0.298 e. The molecule has 0 spiro atoms. The Hall–Kier alpha value is -0.590. The molecule has 0 aliphatic rings. The van der Waals surface area contributed by atoms with Crippen molar-refractivity contribution in [2.45, 2.75) is 52.9 Å². The van der Waals surface area contributed by atoms with Gasteiger partial charge in [-0.3, -0.25) is 4.79 Å². The molecular formula is C12H22O. The highest BCUT2D eigenvalue weighted by Crippen LogP contribution is 2.15. The van der Waals surface area contributed by atoms with Crippen molar-refractivity contribution in [1.82, 2.24) is 0 Å². The van der Waals surface area contributed by atoms with E-state index in [1.807, 2.05) is 0 Å². The maximum Gasteiger partial charge on any atom is 0.145 e. The van der Waals surface area contributed by atoms with Crippen LogP contribution in [0.5, 0.6) is 0 Å². The Kier molecular flexibility index (Phi) is 7.66. The third kappa shape index (κ3) is 5.62. The molecule has 13 heavy (non-hydrogen) atoms. The standard InChI is InChI=1S/C12H22O/c1-4-6-7-9-12(10-13)11(3)8-5-2/h9-11H,4-8H2,1-3H3. The second kappa shape index (κ2) is 8.03. The van der Waals surface area contributed by atoms with Crippen molar-refractivity contribution >= 4 is 6.29 Å². The van der Waals surface area contributed by atoms with Crippen molar-refractivity contribution in [3.63, 3.8) is 0 Å². The van der Waals surface area contributed by atoms with Crippen LogP contribution in [0.2, 0.25) is 0 Å². The smallest absolute Gasteiger partial charge is 0.145 e. The van der Waals surface area contributed by atoms with Gasteiger partial charge in [-0.15, -0.1) is 0 Å². The second-order valence-corrected chi connectivity index (χ2v) is 3.65. The molecule has 0 aliphatic carbocycles. The van der Waals surface area contributed by atoms with Crippen molar-refractivity contribution in [3.8, 4) is 0 Å². The summed E-state index contributed by atoms with van der Waals surface area (Å²) in [6.45, 7) is 6.46. The highest BCUT2D eigenvalue weighted by molar-refractivity contribution is 5.73. The quantitative estimate of drug-likeness (QED) is 0.333. The van der Waals surface area contributed by atoms with Crippen LogP contribution in [0, 0.1) is 5.92 Å². The van der Waals surface area contributed by atoms with Gasteiger partial charge in [-0.2, -0.15) is 0 Å². The molecule has 0 saturated heterocycles. The highest BCUT2D eigenvalue weighted by atomic mass is 16.1. The van der Waals surface area contributed by atoms with Gasteiger partial charge in [0, 0.05) is 0 Å². The summed E-state index contributed by atoms with van der Waals surface area (Å²) in [4.78, 5) is 10.7. The first-order chi connectivity index (χ1) is 6.26. The van der Waals surface area contributed by atoms with E-state index in [9.17, 15) is 4.79 Å². The van der Waals surface area contributed by atoms with Crippen LogP contribution in [0.3, 0.4) is 0 Å². The predicted octanol–water partition coefficient (Wildman–Crippen LogP) is 3.74. The van der Waals surface area contributed by atoms with Crippen molar-refractivity contribution in [2.75, 3.05) is 0 Å². The van der Waals surface area contributed by atoms with Gasteiger partial charge in [0.25, 0.3) is 0 Å². The zero-order valence-electron chi connectivity index (χ0n) is 9.18.